The second-order valence-corrected chi connectivity index (χ2v) is 9.75. The van der Waals surface area contributed by atoms with Gasteiger partial charge < -0.3 is 5.32 Å². The summed E-state index contributed by atoms with van der Waals surface area (Å²) in [6.07, 6.45) is 5.52. The quantitative estimate of drug-likeness (QED) is 0.571. The second kappa shape index (κ2) is 8.26. The highest BCUT2D eigenvalue weighted by atomic mass is 15.3. The first kappa shape index (κ1) is 19.3. The normalized spacial score (nSPS) is 31.3. The molecule has 4 bridgehead atoms. The summed E-state index contributed by atoms with van der Waals surface area (Å²) >= 11 is 0. The minimum absolute atomic E-state index is 0.405. The lowest BCUT2D eigenvalue weighted by molar-refractivity contribution is -0.0464. The molecule has 3 aromatic rings. The number of piperidine rings is 3. The monoisotopic (exact) mass is 408 g/mol. The smallest absolute Gasteiger partial charge is 0.0367 e. The molecule has 0 spiro atoms. The number of benzene rings is 3. The van der Waals surface area contributed by atoms with Gasteiger partial charge in [0.25, 0.3) is 0 Å². The Balaban J connectivity index is 1.40. The fourth-order valence-electron chi connectivity index (χ4n) is 6.91. The van der Waals surface area contributed by atoms with Gasteiger partial charge in [-0.25, -0.2) is 0 Å². The van der Waals surface area contributed by atoms with Crippen LogP contribution in [0.2, 0.25) is 0 Å². The molecule has 0 aromatic heterocycles. The van der Waals surface area contributed by atoms with Crippen molar-refractivity contribution in [2.75, 3.05) is 0 Å². The Bertz CT molecular complexity index is 934. The zero-order chi connectivity index (χ0) is 20.6. The van der Waals surface area contributed by atoms with Gasteiger partial charge >= 0.3 is 0 Å². The van der Waals surface area contributed by atoms with Crippen LogP contribution >= 0.6 is 0 Å². The van der Waals surface area contributed by atoms with E-state index in [0.717, 1.165) is 24.5 Å². The topological polar surface area (TPSA) is 15.3 Å². The molecule has 4 atom stereocenters. The highest BCUT2D eigenvalue weighted by molar-refractivity contribution is 5.37. The minimum atomic E-state index is 0.405. The van der Waals surface area contributed by atoms with Crippen molar-refractivity contribution < 1.29 is 0 Å². The van der Waals surface area contributed by atoms with Crippen molar-refractivity contribution >= 4 is 0 Å². The SMILES string of the molecule is c1ccc(CNC2C3C[C@H]4CC[C@H](C3)N4C2C(c2ccccc2)c2ccccc2)cc1. The van der Waals surface area contributed by atoms with Crippen molar-refractivity contribution in [1.29, 1.82) is 0 Å². The fourth-order valence-corrected chi connectivity index (χ4v) is 6.91. The first-order valence-electron chi connectivity index (χ1n) is 12.0. The van der Waals surface area contributed by atoms with Crippen LogP contribution in [0.25, 0.3) is 0 Å². The number of hydrogen-bond donors (Lipinski definition) is 1. The molecule has 2 nitrogen and oxygen atoms in total. The van der Waals surface area contributed by atoms with Gasteiger partial charge in [0, 0.05) is 36.6 Å². The third-order valence-electron chi connectivity index (χ3n) is 8.09. The summed E-state index contributed by atoms with van der Waals surface area (Å²) in [4.78, 5) is 2.95. The van der Waals surface area contributed by atoms with Gasteiger partial charge in [-0.2, -0.15) is 0 Å². The second-order valence-electron chi connectivity index (χ2n) is 9.75. The summed E-state index contributed by atoms with van der Waals surface area (Å²) in [5.74, 6) is 1.19. The molecule has 2 heteroatoms. The van der Waals surface area contributed by atoms with Crippen LogP contribution in [-0.4, -0.2) is 29.1 Å². The maximum Gasteiger partial charge on any atom is 0.0367 e. The Morgan fingerprint density at radius 3 is 1.77 bits per heavy atom. The Labute approximate surface area is 186 Å². The summed E-state index contributed by atoms with van der Waals surface area (Å²) in [6, 6.07) is 36.0. The van der Waals surface area contributed by atoms with E-state index in [9.17, 15) is 0 Å². The Morgan fingerprint density at radius 2 is 1.23 bits per heavy atom. The van der Waals surface area contributed by atoms with Crippen LogP contribution in [-0.2, 0) is 6.54 Å². The zero-order valence-corrected chi connectivity index (χ0v) is 18.1. The predicted octanol–water partition coefficient (Wildman–Crippen LogP) is 5.60. The first-order valence-corrected chi connectivity index (χ1v) is 12.0. The van der Waals surface area contributed by atoms with Crippen LogP contribution < -0.4 is 5.32 Å². The lowest BCUT2D eigenvalue weighted by Gasteiger charge is -2.58. The van der Waals surface area contributed by atoms with Crippen LogP contribution in [0.3, 0.4) is 0 Å². The molecule has 158 valence electrons. The average molecular weight is 409 g/mol. The zero-order valence-electron chi connectivity index (χ0n) is 18.1. The average Bonchev–Trinajstić information content (AvgIpc) is 3.13. The number of nitrogens with one attached hydrogen (secondary N) is 1. The van der Waals surface area contributed by atoms with Crippen LogP contribution in [0, 0.1) is 5.92 Å². The molecular weight excluding hydrogens is 376 g/mol. The van der Waals surface area contributed by atoms with Crippen molar-refractivity contribution in [2.45, 2.75) is 62.3 Å². The molecule has 0 saturated carbocycles. The molecule has 2 unspecified atom stereocenters. The molecule has 3 aromatic carbocycles. The molecule has 7 rings (SSSR count). The lowest BCUT2D eigenvalue weighted by atomic mass is 9.68. The molecule has 4 heterocycles. The predicted molar refractivity (Wildman–Crippen MR) is 127 cm³/mol. The standard InChI is InChI=1S/C29H32N2/c1-4-10-21(11-5-1)20-30-28-24-18-25-16-17-26(19-24)31(25)29(28)27(22-12-6-2-7-13-22)23-14-8-3-9-15-23/h1-15,24-30H,16-20H2/t25-,26-,28?,29?/m1/s1. The lowest BCUT2D eigenvalue weighted by Crippen LogP contribution is -2.68. The van der Waals surface area contributed by atoms with Crippen molar-refractivity contribution in [2.24, 2.45) is 5.92 Å². The van der Waals surface area contributed by atoms with Gasteiger partial charge in [-0.3, -0.25) is 4.90 Å². The van der Waals surface area contributed by atoms with Gasteiger partial charge in [-0.05, 0) is 48.3 Å². The Morgan fingerprint density at radius 1 is 0.710 bits per heavy atom. The highest BCUT2D eigenvalue weighted by Gasteiger charge is 2.56. The summed E-state index contributed by atoms with van der Waals surface area (Å²) in [6.45, 7) is 0.956. The van der Waals surface area contributed by atoms with E-state index in [4.69, 9.17) is 0 Å². The van der Waals surface area contributed by atoms with E-state index in [1.807, 2.05) is 0 Å². The third kappa shape index (κ3) is 3.52. The first-order chi connectivity index (χ1) is 15.4. The van der Waals surface area contributed by atoms with Gasteiger partial charge in [-0.1, -0.05) is 91.0 Å². The van der Waals surface area contributed by atoms with Gasteiger partial charge in [0.1, 0.15) is 0 Å². The fraction of sp³-hybridized carbons (Fsp3) is 0.379. The molecule has 31 heavy (non-hydrogen) atoms. The maximum atomic E-state index is 4.07. The van der Waals surface area contributed by atoms with Crippen LogP contribution in [0.5, 0.6) is 0 Å². The Hall–Kier alpha value is -2.42. The van der Waals surface area contributed by atoms with Crippen LogP contribution in [0.4, 0.5) is 0 Å². The molecular formula is C29H32N2. The third-order valence-corrected chi connectivity index (χ3v) is 8.09. The van der Waals surface area contributed by atoms with E-state index >= 15 is 0 Å². The summed E-state index contributed by atoms with van der Waals surface area (Å²) < 4.78 is 0. The molecule has 4 aliphatic rings. The van der Waals surface area contributed by atoms with E-state index < -0.39 is 0 Å². The van der Waals surface area contributed by atoms with E-state index in [1.54, 1.807) is 0 Å². The van der Waals surface area contributed by atoms with Crippen molar-refractivity contribution in [3.05, 3.63) is 108 Å². The van der Waals surface area contributed by atoms with E-state index in [1.165, 1.54) is 42.4 Å². The van der Waals surface area contributed by atoms with Gasteiger partial charge in [0.2, 0.25) is 0 Å². The van der Waals surface area contributed by atoms with Crippen molar-refractivity contribution in [3.8, 4) is 0 Å². The largest absolute Gasteiger partial charge is 0.308 e. The van der Waals surface area contributed by atoms with Gasteiger partial charge in [-0.15, -0.1) is 0 Å². The van der Waals surface area contributed by atoms with Crippen LogP contribution in [0.1, 0.15) is 48.3 Å². The highest BCUT2D eigenvalue weighted by Crippen LogP contribution is 2.51. The number of fused-ring (bicyclic) bond motifs is 1. The van der Waals surface area contributed by atoms with Gasteiger partial charge in [0.05, 0.1) is 0 Å². The molecule has 0 aliphatic carbocycles. The molecule has 0 radical (unpaired) electrons. The minimum Gasteiger partial charge on any atom is -0.308 e. The molecule has 0 amide bonds. The molecule has 4 aliphatic heterocycles. The van der Waals surface area contributed by atoms with Crippen LogP contribution in [0.15, 0.2) is 91.0 Å². The number of hydrogen-bond acceptors (Lipinski definition) is 2. The summed E-state index contributed by atoms with van der Waals surface area (Å²) in [7, 11) is 0. The van der Waals surface area contributed by atoms with Crippen molar-refractivity contribution in [3.63, 3.8) is 0 Å². The van der Waals surface area contributed by atoms with E-state index in [0.29, 0.717) is 18.0 Å². The Kier molecular flexibility index (Phi) is 5.13. The summed E-state index contributed by atoms with van der Waals surface area (Å²) in [5.41, 5.74) is 4.30. The van der Waals surface area contributed by atoms with Gasteiger partial charge in [0.15, 0.2) is 0 Å². The summed E-state index contributed by atoms with van der Waals surface area (Å²) in [5, 5.41) is 4.07. The van der Waals surface area contributed by atoms with E-state index in [2.05, 4.69) is 101 Å². The van der Waals surface area contributed by atoms with Crippen molar-refractivity contribution in [1.82, 2.24) is 10.2 Å². The molecule has 4 fully saturated rings. The van der Waals surface area contributed by atoms with E-state index in [-0.39, 0.29) is 0 Å². The number of nitrogens with zero attached hydrogens (tertiary/aromatic N) is 1. The molecule has 4 saturated heterocycles. The maximum absolute atomic E-state index is 4.07. The molecule has 1 N–H and O–H groups in total. The number of rotatable bonds is 6.